The van der Waals surface area contributed by atoms with Gasteiger partial charge in [-0.2, -0.15) is 4.98 Å². The molecule has 0 radical (unpaired) electrons. The summed E-state index contributed by atoms with van der Waals surface area (Å²) >= 11 is 0. The third-order valence-electron chi connectivity index (χ3n) is 2.86. The number of pyridine rings is 1. The van der Waals surface area contributed by atoms with Gasteiger partial charge in [-0.1, -0.05) is 6.07 Å². The summed E-state index contributed by atoms with van der Waals surface area (Å²) in [5, 5.41) is 0. The summed E-state index contributed by atoms with van der Waals surface area (Å²) < 4.78 is 5.12. The van der Waals surface area contributed by atoms with Gasteiger partial charge in [-0.15, -0.1) is 0 Å². The average Bonchev–Trinajstić information content (AvgIpc) is 2.52. The molecule has 6 heteroatoms. The topological polar surface area (TPSA) is 77.2 Å². The van der Waals surface area contributed by atoms with E-state index in [0.29, 0.717) is 12.4 Å². The second kappa shape index (κ2) is 7.40. The maximum absolute atomic E-state index is 5.60. The Bertz CT molecular complexity index is 520. The van der Waals surface area contributed by atoms with E-state index in [4.69, 9.17) is 10.5 Å². The Labute approximate surface area is 118 Å². The molecule has 2 aromatic heterocycles. The Kier molecular flexibility index (Phi) is 5.25. The Morgan fingerprint density at radius 2 is 2.15 bits per heavy atom. The van der Waals surface area contributed by atoms with E-state index in [1.54, 1.807) is 25.7 Å². The van der Waals surface area contributed by atoms with Crippen LogP contribution in [0.25, 0.3) is 0 Å². The first-order valence-corrected chi connectivity index (χ1v) is 6.53. The van der Waals surface area contributed by atoms with Crippen LogP contribution in [0.5, 0.6) is 5.88 Å². The van der Waals surface area contributed by atoms with Crippen molar-refractivity contribution in [1.29, 1.82) is 0 Å². The van der Waals surface area contributed by atoms with Gasteiger partial charge in [0.25, 0.3) is 0 Å². The Hall–Kier alpha value is -2.21. The summed E-state index contributed by atoms with van der Waals surface area (Å²) in [5.41, 5.74) is 6.72. The number of hydrogen-bond acceptors (Lipinski definition) is 6. The molecule has 0 bridgehead atoms. The summed E-state index contributed by atoms with van der Waals surface area (Å²) in [5.74, 6) is 1.29. The van der Waals surface area contributed by atoms with E-state index in [1.807, 2.05) is 18.3 Å². The highest BCUT2D eigenvalue weighted by atomic mass is 16.5. The molecular weight excluding hydrogens is 254 g/mol. The maximum Gasteiger partial charge on any atom is 0.233 e. The number of nitrogens with zero attached hydrogens (tertiary/aromatic N) is 4. The van der Waals surface area contributed by atoms with E-state index in [0.717, 1.165) is 30.9 Å². The van der Waals surface area contributed by atoms with Gasteiger partial charge in [-0.25, -0.2) is 0 Å². The van der Waals surface area contributed by atoms with Gasteiger partial charge in [0, 0.05) is 25.5 Å². The summed E-state index contributed by atoms with van der Waals surface area (Å²) in [6, 6.07) is 3.96. The number of nitrogens with two attached hydrogens (primary N) is 1. The molecule has 2 N–H and O–H groups in total. The van der Waals surface area contributed by atoms with Gasteiger partial charge in [0.15, 0.2) is 5.82 Å². The zero-order valence-electron chi connectivity index (χ0n) is 11.6. The third-order valence-corrected chi connectivity index (χ3v) is 2.86. The molecule has 0 saturated carbocycles. The number of ether oxygens (including phenoxy) is 1. The molecule has 0 saturated heterocycles. The SMILES string of the molecule is COc1cncc(N(CCCN)Cc2cccnc2)n1. The van der Waals surface area contributed by atoms with Crippen molar-refractivity contribution >= 4 is 5.82 Å². The van der Waals surface area contributed by atoms with E-state index in [2.05, 4.69) is 19.9 Å². The smallest absolute Gasteiger partial charge is 0.233 e. The van der Waals surface area contributed by atoms with Gasteiger partial charge in [0.1, 0.15) is 0 Å². The first-order valence-electron chi connectivity index (χ1n) is 6.53. The van der Waals surface area contributed by atoms with Crippen LogP contribution in [0.1, 0.15) is 12.0 Å². The second-order valence-electron chi connectivity index (χ2n) is 4.34. The lowest BCUT2D eigenvalue weighted by molar-refractivity contribution is 0.395. The van der Waals surface area contributed by atoms with Crippen LogP contribution in [0.15, 0.2) is 36.9 Å². The summed E-state index contributed by atoms with van der Waals surface area (Å²) in [6.07, 6.45) is 7.82. The first kappa shape index (κ1) is 14.2. The highest BCUT2D eigenvalue weighted by Gasteiger charge is 2.10. The molecule has 0 spiro atoms. The van der Waals surface area contributed by atoms with Crippen LogP contribution in [-0.2, 0) is 6.54 Å². The fraction of sp³-hybridized carbons (Fsp3) is 0.357. The monoisotopic (exact) mass is 273 g/mol. The van der Waals surface area contributed by atoms with Crippen LogP contribution in [0.3, 0.4) is 0 Å². The van der Waals surface area contributed by atoms with Crippen molar-refractivity contribution in [2.45, 2.75) is 13.0 Å². The lowest BCUT2D eigenvalue weighted by atomic mass is 10.2. The molecule has 20 heavy (non-hydrogen) atoms. The summed E-state index contributed by atoms with van der Waals surface area (Å²) in [6.45, 7) is 2.17. The number of hydrogen-bond donors (Lipinski definition) is 1. The maximum atomic E-state index is 5.60. The van der Waals surface area contributed by atoms with E-state index >= 15 is 0 Å². The van der Waals surface area contributed by atoms with Gasteiger partial charge >= 0.3 is 0 Å². The average molecular weight is 273 g/mol. The molecule has 2 heterocycles. The minimum atomic E-state index is 0.506. The number of aromatic nitrogens is 3. The van der Waals surface area contributed by atoms with E-state index in [-0.39, 0.29) is 0 Å². The van der Waals surface area contributed by atoms with Crippen molar-refractivity contribution in [3.63, 3.8) is 0 Å². The Morgan fingerprint density at radius 3 is 2.85 bits per heavy atom. The van der Waals surface area contributed by atoms with Crippen LogP contribution in [0.4, 0.5) is 5.82 Å². The molecule has 106 valence electrons. The molecule has 2 rings (SSSR count). The minimum absolute atomic E-state index is 0.506. The Morgan fingerprint density at radius 1 is 1.25 bits per heavy atom. The van der Waals surface area contributed by atoms with Crippen LogP contribution >= 0.6 is 0 Å². The van der Waals surface area contributed by atoms with Crippen molar-refractivity contribution in [1.82, 2.24) is 15.0 Å². The minimum Gasteiger partial charge on any atom is -0.480 e. The van der Waals surface area contributed by atoms with Crippen molar-refractivity contribution in [3.05, 3.63) is 42.5 Å². The highest BCUT2D eigenvalue weighted by molar-refractivity contribution is 5.38. The van der Waals surface area contributed by atoms with Crippen LogP contribution in [0, 0.1) is 0 Å². The van der Waals surface area contributed by atoms with Crippen LogP contribution < -0.4 is 15.4 Å². The van der Waals surface area contributed by atoms with Crippen molar-refractivity contribution in [2.24, 2.45) is 5.73 Å². The van der Waals surface area contributed by atoms with E-state index < -0.39 is 0 Å². The normalized spacial score (nSPS) is 10.3. The zero-order valence-corrected chi connectivity index (χ0v) is 11.6. The van der Waals surface area contributed by atoms with Crippen LogP contribution in [-0.4, -0.2) is 35.2 Å². The second-order valence-corrected chi connectivity index (χ2v) is 4.34. The molecule has 0 unspecified atom stereocenters. The van der Waals surface area contributed by atoms with Gasteiger partial charge in [-0.3, -0.25) is 9.97 Å². The highest BCUT2D eigenvalue weighted by Crippen LogP contribution is 2.16. The number of anilines is 1. The molecule has 0 aliphatic rings. The van der Waals surface area contributed by atoms with Crippen molar-refractivity contribution in [2.75, 3.05) is 25.1 Å². The molecule has 0 aromatic carbocycles. The molecule has 0 atom stereocenters. The van der Waals surface area contributed by atoms with Gasteiger partial charge < -0.3 is 15.4 Å². The lowest BCUT2D eigenvalue weighted by Gasteiger charge is -2.23. The fourth-order valence-electron chi connectivity index (χ4n) is 1.86. The van der Waals surface area contributed by atoms with Gasteiger partial charge in [0.2, 0.25) is 5.88 Å². The lowest BCUT2D eigenvalue weighted by Crippen LogP contribution is -2.26. The zero-order chi connectivity index (χ0) is 14.2. The van der Waals surface area contributed by atoms with E-state index in [1.165, 1.54) is 0 Å². The predicted molar refractivity (Wildman–Crippen MR) is 77.5 cm³/mol. The predicted octanol–water partition coefficient (Wildman–Crippen LogP) is 1.24. The molecule has 0 aliphatic carbocycles. The molecule has 0 aliphatic heterocycles. The van der Waals surface area contributed by atoms with Crippen LogP contribution in [0.2, 0.25) is 0 Å². The summed E-state index contributed by atoms with van der Waals surface area (Å²) in [4.78, 5) is 14.8. The number of rotatable bonds is 7. The van der Waals surface area contributed by atoms with E-state index in [9.17, 15) is 0 Å². The Balaban J connectivity index is 2.17. The largest absolute Gasteiger partial charge is 0.480 e. The molecule has 2 aromatic rings. The molecule has 0 amide bonds. The molecule has 0 fully saturated rings. The summed E-state index contributed by atoms with van der Waals surface area (Å²) in [7, 11) is 1.58. The molecular formula is C14H19N5O. The third kappa shape index (κ3) is 3.89. The van der Waals surface area contributed by atoms with Gasteiger partial charge in [-0.05, 0) is 24.6 Å². The first-order chi connectivity index (χ1) is 9.83. The van der Waals surface area contributed by atoms with Gasteiger partial charge in [0.05, 0.1) is 19.5 Å². The van der Waals surface area contributed by atoms with Crippen molar-refractivity contribution in [3.8, 4) is 5.88 Å². The number of methoxy groups -OCH3 is 1. The standard InChI is InChI=1S/C14H19N5O/c1-20-14-10-17-9-13(18-14)19(7-3-5-15)11-12-4-2-6-16-8-12/h2,4,6,8-10H,3,5,7,11,15H2,1H3. The van der Waals surface area contributed by atoms with Crippen molar-refractivity contribution < 1.29 is 4.74 Å². The fourth-order valence-corrected chi connectivity index (χ4v) is 1.86. The molecule has 6 nitrogen and oxygen atoms in total. The quantitative estimate of drug-likeness (QED) is 0.817.